The first-order valence-electron chi connectivity index (χ1n) is 5.58. The van der Waals surface area contributed by atoms with Gasteiger partial charge in [-0.25, -0.2) is 5.84 Å². The van der Waals surface area contributed by atoms with Crippen LogP contribution in [0.4, 0.5) is 0 Å². The molecule has 0 amide bonds. The Morgan fingerprint density at radius 2 is 1.64 bits per heavy atom. The molecule has 0 atom stereocenters. The van der Waals surface area contributed by atoms with Crippen LogP contribution in [-0.4, -0.2) is 11.2 Å². The lowest BCUT2D eigenvalue weighted by Crippen LogP contribution is -2.53. The van der Waals surface area contributed by atoms with Crippen LogP contribution in [0.1, 0.15) is 38.5 Å². The van der Waals surface area contributed by atoms with Crippen molar-refractivity contribution in [2.45, 2.75) is 44.6 Å². The van der Waals surface area contributed by atoms with Crippen LogP contribution in [0.3, 0.4) is 0 Å². The standard InChI is InChI=1S/C10H19N3S/c11-13-10(14)12-9(7-3-1-4-7)8-5-2-6-8/h7-9H,1-6,11H2,(H2,12,13,14). The summed E-state index contributed by atoms with van der Waals surface area (Å²) >= 11 is 5.07. The first-order chi connectivity index (χ1) is 6.81. The van der Waals surface area contributed by atoms with Crippen LogP contribution in [0.25, 0.3) is 0 Å². The van der Waals surface area contributed by atoms with Crippen LogP contribution in [0.5, 0.6) is 0 Å². The van der Waals surface area contributed by atoms with Gasteiger partial charge >= 0.3 is 0 Å². The van der Waals surface area contributed by atoms with Crippen molar-refractivity contribution < 1.29 is 0 Å². The van der Waals surface area contributed by atoms with Crippen molar-refractivity contribution in [3.63, 3.8) is 0 Å². The van der Waals surface area contributed by atoms with Gasteiger partial charge in [-0.2, -0.15) is 0 Å². The Morgan fingerprint density at radius 3 is 1.93 bits per heavy atom. The van der Waals surface area contributed by atoms with Crippen molar-refractivity contribution in [2.75, 3.05) is 0 Å². The Labute approximate surface area is 90.8 Å². The third-order valence-corrected chi connectivity index (χ3v) is 3.98. The molecule has 0 saturated heterocycles. The first-order valence-corrected chi connectivity index (χ1v) is 5.99. The van der Waals surface area contributed by atoms with Gasteiger partial charge in [0, 0.05) is 6.04 Å². The van der Waals surface area contributed by atoms with Gasteiger partial charge < -0.3 is 10.7 Å². The van der Waals surface area contributed by atoms with E-state index < -0.39 is 0 Å². The predicted octanol–water partition coefficient (Wildman–Crippen LogP) is 1.29. The van der Waals surface area contributed by atoms with Gasteiger partial charge in [0.2, 0.25) is 0 Å². The van der Waals surface area contributed by atoms with Crippen LogP contribution >= 0.6 is 12.2 Å². The van der Waals surface area contributed by atoms with Gasteiger partial charge in [-0.05, 0) is 49.7 Å². The second-order valence-electron chi connectivity index (χ2n) is 4.53. The highest BCUT2D eigenvalue weighted by Gasteiger charge is 2.36. The van der Waals surface area contributed by atoms with E-state index in [0.717, 1.165) is 11.8 Å². The normalized spacial score (nSPS) is 22.7. The van der Waals surface area contributed by atoms with Crippen LogP contribution in [0, 0.1) is 11.8 Å². The van der Waals surface area contributed by atoms with Crippen LogP contribution in [0.15, 0.2) is 0 Å². The molecule has 2 fully saturated rings. The van der Waals surface area contributed by atoms with Crippen LogP contribution in [-0.2, 0) is 0 Å². The van der Waals surface area contributed by atoms with Gasteiger partial charge in [-0.15, -0.1) is 0 Å². The molecule has 4 heteroatoms. The summed E-state index contributed by atoms with van der Waals surface area (Å²) in [4.78, 5) is 0. The fourth-order valence-electron chi connectivity index (χ4n) is 2.41. The quantitative estimate of drug-likeness (QED) is 0.376. The van der Waals surface area contributed by atoms with Crippen LogP contribution in [0.2, 0.25) is 0 Å². The van der Waals surface area contributed by atoms with E-state index in [1.165, 1.54) is 38.5 Å². The molecule has 2 saturated carbocycles. The van der Waals surface area contributed by atoms with Gasteiger partial charge in [0.1, 0.15) is 0 Å². The molecule has 4 N–H and O–H groups in total. The smallest absolute Gasteiger partial charge is 0.180 e. The highest BCUT2D eigenvalue weighted by atomic mass is 32.1. The Hall–Kier alpha value is -0.350. The van der Waals surface area contributed by atoms with E-state index in [4.69, 9.17) is 18.1 Å². The van der Waals surface area contributed by atoms with E-state index in [-0.39, 0.29) is 0 Å². The average molecular weight is 213 g/mol. The molecule has 14 heavy (non-hydrogen) atoms. The summed E-state index contributed by atoms with van der Waals surface area (Å²) in [6.45, 7) is 0. The van der Waals surface area contributed by atoms with Gasteiger partial charge in [0.05, 0.1) is 0 Å². The molecule has 2 aliphatic rings. The maximum absolute atomic E-state index is 5.29. The molecule has 3 nitrogen and oxygen atoms in total. The lowest BCUT2D eigenvalue weighted by atomic mass is 9.68. The molecule has 0 heterocycles. The van der Waals surface area contributed by atoms with Gasteiger partial charge in [0.25, 0.3) is 0 Å². The van der Waals surface area contributed by atoms with E-state index >= 15 is 0 Å². The predicted molar refractivity (Wildman–Crippen MR) is 61.5 cm³/mol. The second-order valence-corrected chi connectivity index (χ2v) is 4.93. The van der Waals surface area contributed by atoms with Gasteiger partial charge in [-0.3, -0.25) is 0 Å². The molecule has 0 aromatic rings. The van der Waals surface area contributed by atoms with Crippen molar-refractivity contribution in [3.8, 4) is 0 Å². The lowest BCUT2D eigenvalue weighted by molar-refractivity contribution is 0.138. The molecular weight excluding hydrogens is 194 g/mol. The lowest BCUT2D eigenvalue weighted by Gasteiger charge is -2.43. The molecule has 0 bridgehead atoms. The first kappa shape index (κ1) is 10.2. The van der Waals surface area contributed by atoms with E-state index in [9.17, 15) is 0 Å². The molecular formula is C10H19N3S. The Kier molecular flexibility index (Phi) is 3.23. The summed E-state index contributed by atoms with van der Waals surface area (Å²) in [5.41, 5.74) is 2.52. The number of thiocarbonyl (C=S) groups is 1. The Bertz CT molecular complexity index is 197. The van der Waals surface area contributed by atoms with E-state index in [1.54, 1.807) is 0 Å². The molecule has 80 valence electrons. The summed E-state index contributed by atoms with van der Waals surface area (Å²) in [5, 5.41) is 3.97. The second kappa shape index (κ2) is 4.45. The van der Waals surface area contributed by atoms with Gasteiger partial charge in [-0.1, -0.05) is 12.8 Å². The molecule has 0 aromatic carbocycles. The Morgan fingerprint density at radius 1 is 1.14 bits per heavy atom. The largest absolute Gasteiger partial charge is 0.358 e. The maximum Gasteiger partial charge on any atom is 0.180 e. The summed E-state index contributed by atoms with van der Waals surface area (Å²) in [6, 6.07) is 0.584. The number of rotatable bonds is 3. The number of nitrogens with two attached hydrogens (primary N) is 1. The number of nitrogens with one attached hydrogen (secondary N) is 2. The number of hydrogen-bond donors (Lipinski definition) is 3. The number of hydrogen-bond acceptors (Lipinski definition) is 2. The minimum atomic E-state index is 0.584. The zero-order valence-electron chi connectivity index (χ0n) is 8.46. The minimum absolute atomic E-state index is 0.584. The van der Waals surface area contributed by atoms with Crippen molar-refractivity contribution in [1.29, 1.82) is 0 Å². The zero-order chi connectivity index (χ0) is 9.97. The Balaban J connectivity index is 1.87. The minimum Gasteiger partial charge on any atom is -0.358 e. The van der Waals surface area contributed by atoms with Crippen LogP contribution < -0.4 is 16.6 Å². The molecule has 2 aliphatic carbocycles. The van der Waals surface area contributed by atoms with Crippen molar-refractivity contribution >= 4 is 17.3 Å². The SMILES string of the molecule is NNC(=S)NC(C1CCC1)C1CCC1. The highest BCUT2D eigenvalue weighted by Crippen LogP contribution is 2.39. The fourth-order valence-corrected chi connectivity index (χ4v) is 2.55. The van der Waals surface area contributed by atoms with Crippen molar-refractivity contribution in [1.82, 2.24) is 10.7 Å². The van der Waals surface area contributed by atoms with Crippen molar-refractivity contribution in [2.24, 2.45) is 17.7 Å². The molecule has 0 spiro atoms. The maximum atomic E-state index is 5.29. The average Bonchev–Trinajstić information content (AvgIpc) is 1.97. The highest BCUT2D eigenvalue weighted by molar-refractivity contribution is 7.80. The number of hydrazine groups is 1. The summed E-state index contributed by atoms with van der Waals surface area (Å²) in [5.74, 6) is 6.96. The molecule has 2 rings (SSSR count). The van der Waals surface area contributed by atoms with Crippen molar-refractivity contribution in [3.05, 3.63) is 0 Å². The molecule has 0 unspecified atom stereocenters. The van der Waals surface area contributed by atoms with E-state index in [2.05, 4.69) is 10.7 Å². The summed E-state index contributed by atoms with van der Waals surface area (Å²) < 4.78 is 0. The molecule has 0 aromatic heterocycles. The third kappa shape index (κ3) is 2.01. The summed E-state index contributed by atoms with van der Waals surface area (Å²) in [6.07, 6.45) is 8.22. The zero-order valence-corrected chi connectivity index (χ0v) is 9.28. The molecule has 0 radical (unpaired) electrons. The van der Waals surface area contributed by atoms with Gasteiger partial charge in [0.15, 0.2) is 5.11 Å². The topological polar surface area (TPSA) is 50.1 Å². The molecule has 0 aliphatic heterocycles. The van der Waals surface area contributed by atoms with E-state index in [0.29, 0.717) is 11.2 Å². The fraction of sp³-hybridized carbons (Fsp3) is 0.900. The van der Waals surface area contributed by atoms with E-state index in [1.807, 2.05) is 0 Å². The monoisotopic (exact) mass is 213 g/mol. The third-order valence-electron chi connectivity index (χ3n) is 3.74. The summed E-state index contributed by atoms with van der Waals surface area (Å²) in [7, 11) is 0.